The molecule has 3 rings (SSSR count). The number of nitrogens with one attached hydrogen (secondary N) is 1. The molecular formula is C13H12N4S2. The van der Waals surface area contributed by atoms with Crippen molar-refractivity contribution >= 4 is 39.3 Å². The molecule has 0 radical (unpaired) electrons. The van der Waals surface area contributed by atoms with Crippen molar-refractivity contribution in [3.05, 3.63) is 42.2 Å². The van der Waals surface area contributed by atoms with E-state index in [1.807, 2.05) is 13.1 Å². The number of fused-ring (bicyclic) bond motifs is 1. The zero-order valence-corrected chi connectivity index (χ0v) is 12.0. The highest BCUT2D eigenvalue weighted by atomic mass is 32.2. The van der Waals surface area contributed by atoms with Gasteiger partial charge in [0.15, 0.2) is 10.2 Å². The normalized spacial score (nSPS) is 10.8. The zero-order valence-electron chi connectivity index (χ0n) is 10.3. The van der Waals surface area contributed by atoms with E-state index in [0.717, 1.165) is 26.3 Å². The number of rotatable bonds is 4. The number of thioether (sulfide) groups is 1. The molecule has 0 spiro atoms. The van der Waals surface area contributed by atoms with Crippen molar-refractivity contribution in [2.24, 2.45) is 0 Å². The zero-order chi connectivity index (χ0) is 13.1. The van der Waals surface area contributed by atoms with Crippen LogP contribution in [0.25, 0.3) is 10.3 Å². The lowest BCUT2D eigenvalue weighted by Crippen LogP contribution is -1.93. The Morgan fingerprint density at radius 1 is 1.21 bits per heavy atom. The van der Waals surface area contributed by atoms with Crippen LogP contribution in [0.15, 0.2) is 41.0 Å². The average molecular weight is 288 g/mol. The molecule has 0 amide bonds. The number of anilines is 1. The third-order valence-electron chi connectivity index (χ3n) is 2.62. The highest BCUT2D eigenvalue weighted by molar-refractivity contribution is 8.00. The maximum atomic E-state index is 4.59. The Morgan fingerprint density at radius 2 is 2.05 bits per heavy atom. The minimum absolute atomic E-state index is 0.785. The van der Waals surface area contributed by atoms with Gasteiger partial charge in [-0.2, -0.15) is 0 Å². The SMILES string of the molecule is CNc1ncnc2sc(SCc3ccccc3)nc12. The Hall–Kier alpha value is -1.66. The molecule has 2 heterocycles. The summed E-state index contributed by atoms with van der Waals surface area (Å²) in [6, 6.07) is 10.4. The minimum atomic E-state index is 0.785. The van der Waals surface area contributed by atoms with Crippen LogP contribution in [0.1, 0.15) is 5.56 Å². The van der Waals surface area contributed by atoms with Crippen LogP contribution in [0.3, 0.4) is 0 Å². The molecule has 0 aliphatic carbocycles. The lowest BCUT2D eigenvalue weighted by Gasteiger charge is -1.97. The summed E-state index contributed by atoms with van der Waals surface area (Å²) in [7, 11) is 1.85. The molecule has 0 aliphatic heterocycles. The van der Waals surface area contributed by atoms with Gasteiger partial charge >= 0.3 is 0 Å². The van der Waals surface area contributed by atoms with E-state index >= 15 is 0 Å². The van der Waals surface area contributed by atoms with Crippen LogP contribution < -0.4 is 5.32 Å². The number of hydrogen-bond donors (Lipinski definition) is 1. The minimum Gasteiger partial charge on any atom is -0.371 e. The van der Waals surface area contributed by atoms with Crippen molar-refractivity contribution < 1.29 is 0 Å². The molecule has 0 unspecified atom stereocenters. The third kappa shape index (κ3) is 2.69. The quantitative estimate of drug-likeness (QED) is 0.745. The molecule has 0 bridgehead atoms. The Labute approximate surface area is 119 Å². The monoisotopic (exact) mass is 288 g/mol. The van der Waals surface area contributed by atoms with Gasteiger partial charge in [-0.1, -0.05) is 53.4 Å². The van der Waals surface area contributed by atoms with Gasteiger partial charge in [0.25, 0.3) is 0 Å². The highest BCUT2D eigenvalue weighted by Gasteiger charge is 2.09. The van der Waals surface area contributed by atoms with E-state index in [0.29, 0.717) is 0 Å². The molecule has 3 aromatic rings. The molecule has 96 valence electrons. The largest absolute Gasteiger partial charge is 0.371 e. The summed E-state index contributed by atoms with van der Waals surface area (Å²) in [6.07, 6.45) is 1.57. The molecule has 4 nitrogen and oxygen atoms in total. The molecule has 0 atom stereocenters. The van der Waals surface area contributed by atoms with E-state index in [4.69, 9.17) is 0 Å². The number of aromatic nitrogens is 3. The highest BCUT2D eigenvalue weighted by Crippen LogP contribution is 2.32. The Balaban J connectivity index is 1.82. The van der Waals surface area contributed by atoms with Gasteiger partial charge in [-0.05, 0) is 5.56 Å². The van der Waals surface area contributed by atoms with E-state index in [1.165, 1.54) is 5.56 Å². The van der Waals surface area contributed by atoms with Crippen LogP contribution in [-0.4, -0.2) is 22.0 Å². The van der Waals surface area contributed by atoms with Crippen molar-refractivity contribution in [3.63, 3.8) is 0 Å². The Bertz CT molecular complexity index is 681. The smallest absolute Gasteiger partial charge is 0.156 e. The number of benzene rings is 1. The summed E-state index contributed by atoms with van der Waals surface area (Å²) in [4.78, 5) is 13.9. The van der Waals surface area contributed by atoms with Crippen molar-refractivity contribution in [3.8, 4) is 0 Å². The standard InChI is InChI=1S/C13H12N4S2/c1-14-11-10-12(16-8-15-11)19-13(17-10)18-7-9-5-3-2-4-6-9/h2-6,8H,7H2,1H3,(H,14,15,16). The van der Waals surface area contributed by atoms with E-state index in [9.17, 15) is 0 Å². The molecule has 0 saturated carbocycles. The van der Waals surface area contributed by atoms with Crippen LogP contribution in [0.2, 0.25) is 0 Å². The Kier molecular flexibility index (Phi) is 3.61. The number of thiazole rings is 1. The van der Waals surface area contributed by atoms with E-state index in [1.54, 1.807) is 29.4 Å². The van der Waals surface area contributed by atoms with Crippen LogP contribution in [0.5, 0.6) is 0 Å². The Morgan fingerprint density at radius 3 is 2.84 bits per heavy atom. The third-order valence-corrected chi connectivity index (χ3v) is 4.80. The lowest BCUT2D eigenvalue weighted by molar-refractivity contribution is 1.19. The average Bonchev–Trinajstić information content (AvgIpc) is 2.89. The topological polar surface area (TPSA) is 50.7 Å². The summed E-state index contributed by atoms with van der Waals surface area (Å²) in [6.45, 7) is 0. The molecule has 6 heteroatoms. The van der Waals surface area contributed by atoms with Crippen molar-refractivity contribution in [2.75, 3.05) is 12.4 Å². The fourth-order valence-electron chi connectivity index (χ4n) is 1.70. The van der Waals surface area contributed by atoms with Gasteiger partial charge in [0, 0.05) is 12.8 Å². The van der Waals surface area contributed by atoms with Gasteiger partial charge in [0.05, 0.1) is 0 Å². The number of nitrogens with zero attached hydrogens (tertiary/aromatic N) is 3. The molecular weight excluding hydrogens is 276 g/mol. The van der Waals surface area contributed by atoms with Gasteiger partial charge in [0.2, 0.25) is 0 Å². The predicted molar refractivity (Wildman–Crippen MR) is 80.8 cm³/mol. The van der Waals surface area contributed by atoms with Crippen LogP contribution in [-0.2, 0) is 5.75 Å². The van der Waals surface area contributed by atoms with Crippen LogP contribution in [0.4, 0.5) is 5.82 Å². The summed E-state index contributed by atoms with van der Waals surface area (Å²) >= 11 is 3.34. The van der Waals surface area contributed by atoms with Crippen molar-refractivity contribution in [1.29, 1.82) is 0 Å². The fraction of sp³-hybridized carbons (Fsp3) is 0.154. The molecule has 0 fully saturated rings. The second-order valence-electron chi connectivity index (χ2n) is 3.88. The molecule has 1 aromatic carbocycles. The molecule has 1 N–H and O–H groups in total. The maximum Gasteiger partial charge on any atom is 0.156 e. The molecule has 19 heavy (non-hydrogen) atoms. The summed E-state index contributed by atoms with van der Waals surface area (Å²) < 4.78 is 1.02. The van der Waals surface area contributed by atoms with Crippen molar-refractivity contribution in [2.45, 2.75) is 10.1 Å². The first-order chi connectivity index (χ1) is 9.36. The first kappa shape index (κ1) is 12.4. The summed E-state index contributed by atoms with van der Waals surface area (Å²) in [5, 5.41) is 3.04. The van der Waals surface area contributed by atoms with Gasteiger partial charge in [0.1, 0.15) is 16.7 Å². The van der Waals surface area contributed by atoms with Crippen molar-refractivity contribution in [1.82, 2.24) is 15.0 Å². The van der Waals surface area contributed by atoms with Gasteiger partial charge in [-0.15, -0.1) is 0 Å². The van der Waals surface area contributed by atoms with E-state index in [2.05, 4.69) is 44.5 Å². The fourth-order valence-corrected chi connectivity index (χ4v) is 3.63. The van der Waals surface area contributed by atoms with E-state index in [-0.39, 0.29) is 0 Å². The lowest BCUT2D eigenvalue weighted by atomic mass is 10.2. The van der Waals surface area contributed by atoms with Gasteiger partial charge in [-0.25, -0.2) is 15.0 Å². The van der Waals surface area contributed by atoms with Crippen LogP contribution >= 0.6 is 23.1 Å². The summed E-state index contributed by atoms with van der Waals surface area (Å²) in [5.41, 5.74) is 2.15. The summed E-state index contributed by atoms with van der Waals surface area (Å²) in [5.74, 6) is 1.70. The molecule has 2 aromatic heterocycles. The van der Waals surface area contributed by atoms with Gasteiger partial charge in [-0.3, -0.25) is 0 Å². The first-order valence-corrected chi connectivity index (χ1v) is 7.63. The van der Waals surface area contributed by atoms with Crippen LogP contribution in [0, 0.1) is 0 Å². The second kappa shape index (κ2) is 5.54. The molecule has 0 saturated heterocycles. The van der Waals surface area contributed by atoms with E-state index < -0.39 is 0 Å². The van der Waals surface area contributed by atoms with Gasteiger partial charge < -0.3 is 5.32 Å². The number of hydrogen-bond acceptors (Lipinski definition) is 6. The maximum absolute atomic E-state index is 4.59. The first-order valence-electron chi connectivity index (χ1n) is 5.83. The predicted octanol–water partition coefficient (Wildman–Crippen LogP) is 3.42. The molecule has 0 aliphatic rings. The second-order valence-corrected chi connectivity index (χ2v) is 6.08.